The van der Waals surface area contributed by atoms with Crippen LogP contribution in [0.5, 0.6) is 0 Å². The van der Waals surface area contributed by atoms with Crippen LogP contribution in [0.2, 0.25) is 0 Å². The largest absolute Gasteiger partial charge is 0.383 e. The van der Waals surface area contributed by atoms with Gasteiger partial charge in [0.05, 0.1) is 6.61 Å². The number of likely N-dealkylation sites (tertiary alicyclic amines) is 1. The minimum atomic E-state index is 0.553. The molecule has 0 aromatic carbocycles. The van der Waals surface area contributed by atoms with Gasteiger partial charge in [-0.1, -0.05) is 6.92 Å². The molecule has 0 unspecified atom stereocenters. The molecule has 0 bridgehead atoms. The number of hydrogen-bond acceptors (Lipinski definition) is 4. The molecule has 0 radical (unpaired) electrons. The van der Waals surface area contributed by atoms with Crippen LogP contribution in [-0.2, 0) is 11.3 Å². The van der Waals surface area contributed by atoms with Crippen molar-refractivity contribution in [3.8, 4) is 0 Å². The van der Waals surface area contributed by atoms with Crippen LogP contribution in [0.15, 0.2) is 12.4 Å². The summed E-state index contributed by atoms with van der Waals surface area (Å²) in [5.41, 5.74) is 0. The van der Waals surface area contributed by atoms with Gasteiger partial charge in [0.15, 0.2) is 0 Å². The molecule has 1 N–H and O–H groups in total. The number of imidazole rings is 1. The molecule has 2 heterocycles. The monoisotopic (exact) mass is 266 g/mol. The molecule has 1 aromatic rings. The Morgan fingerprint density at radius 3 is 2.84 bits per heavy atom. The topological polar surface area (TPSA) is 42.3 Å². The number of hydrogen-bond donors (Lipinski definition) is 1. The molecule has 0 spiro atoms. The van der Waals surface area contributed by atoms with Crippen molar-refractivity contribution in [1.29, 1.82) is 0 Å². The van der Waals surface area contributed by atoms with E-state index >= 15 is 0 Å². The third-order valence-electron chi connectivity index (χ3n) is 3.71. The standard InChI is InChI=1S/C14H26N4O/c1-3-7-17-8-4-13(5-9-17)16-14-15-6-10-18(14)11-12-19-2/h6,10,13H,3-5,7-9,11-12H2,1-2H3,(H,15,16). The summed E-state index contributed by atoms with van der Waals surface area (Å²) in [7, 11) is 1.73. The van der Waals surface area contributed by atoms with E-state index in [4.69, 9.17) is 4.74 Å². The number of piperidine rings is 1. The van der Waals surface area contributed by atoms with Gasteiger partial charge in [0.25, 0.3) is 0 Å². The normalized spacial score (nSPS) is 17.8. The van der Waals surface area contributed by atoms with E-state index in [9.17, 15) is 0 Å². The number of aromatic nitrogens is 2. The van der Waals surface area contributed by atoms with Crippen LogP contribution >= 0.6 is 0 Å². The Labute approximate surface area is 116 Å². The number of methoxy groups -OCH3 is 1. The van der Waals surface area contributed by atoms with E-state index in [1.807, 2.05) is 12.4 Å². The van der Waals surface area contributed by atoms with Crippen LogP contribution in [0.25, 0.3) is 0 Å². The smallest absolute Gasteiger partial charge is 0.203 e. The highest BCUT2D eigenvalue weighted by Crippen LogP contribution is 2.15. The van der Waals surface area contributed by atoms with E-state index in [-0.39, 0.29) is 0 Å². The Balaban J connectivity index is 1.80. The van der Waals surface area contributed by atoms with Crippen molar-refractivity contribution in [1.82, 2.24) is 14.5 Å². The fourth-order valence-electron chi connectivity index (χ4n) is 2.62. The second-order valence-electron chi connectivity index (χ2n) is 5.20. The molecular formula is C14H26N4O. The molecule has 0 atom stereocenters. The van der Waals surface area contributed by atoms with Crippen molar-refractivity contribution in [3.63, 3.8) is 0 Å². The van der Waals surface area contributed by atoms with E-state index in [1.54, 1.807) is 7.11 Å². The second kappa shape index (κ2) is 7.50. The first kappa shape index (κ1) is 14.3. The molecule has 1 fully saturated rings. The molecule has 1 aliphatic rings. The van der Waals surface area contributed by atoms with Gasteiger partial charge in [0.2, 0.25) is 5.95 Å². The van der Waals surface area contributed by atoms with Crippen LogP contribution < -0.4 is 5.32 Å². The van der Waals surface area contributed by atoms with Gasteiger partial charge in [0.1, 0.15) is 0 Å². The summed E-state index contributed by atoms with van der Waals surface area (Å²) < 4.78 is 7.24. The lowest BCUT2D eigenvalue weighted by atomic mass is 10.1. The molecule has 1 aromatic heterocycles. The zero-order valence-corrected chi connectivity index (χ0v) is 12.1. The quantitative estimate of drug-likeness (QED) is 0.817. The van der Waals surface area contributed by atoms with Crippen molar-refractivity contribution in [3.05, 3.63) is 12.4 Å². The van der Waals surface area contributed by atoms with Gasteiger partial charge in [-0.3, -0.25) is 0 Å². The third-order valence-corrected chi connectivity index (χ3v) is 3.71. The van der Waals surface area contributed by atoms with Crippen molar-refractivity contribution in [2.45, 2.75) is 38.8 Å². The lowest BCUT2D eigenvalue weighted by molar-refractivity contribution is 0.187. The molecule has 1 saturated heterocycles. The molecule has 108 valence electrons. The zero-order chi connectivity index (χ0) is 13.5. The van der Waals surface area contributed by atoms with Crippen molar-refractivity contribution in [2.75, 3.05) is 38.7 Å². The summed E-state index contributed by atoms with van der Waals surface area (Å²) in [4.78, 5) is 6.95. The van der Waals surface area contributed by atoms with Gasteiger partial charge in [-0.2, -0.15) is 0 Å². The molecule has 2 rings (SSSR count). The Morgan fingerprint density at radius 1 is 1.37 bits per heavy atom. The molecule has 0 amide bonds. The molecular weight excluding hydrogens is 240 g/mol. The van der Waals surface area contributed by atoms with Crippen LogP contribution in [0.1, 0.15) is 26.2 Å². The maximum absolute atomic E-state index is 5.12. The second-order valence-corrected chi connectivity index (χ2v) is 5.20. The maximum atomic E-state index is 5.12. The summed E-state index contributed by atoms with van der Waals surface area (Å²) in [6, 6.07) is 0.553. The maximum Gasteiger partial charge on any atom is 0.203 e. The van der Waals surface area contributed by atoms with Crippen LogP contribution in [-0.4, -0.2) is 53.8 Å². The van der Waals surface area contributed by atoms with Crippen LogP contribution in [0.3, 0.4) is 0 Å². The number of ether oxygens (including phenoxy) is 1. The van der Waals surface area contributed by atoms with E-state index in [0.29, 0.717) is 6.04 Å². The predicted octanol–water partition coefficient (Wildman–Crippen LogP) is 1.82. The van der Waals surface area contributed by atoms with Gasteiger partial charge in [-0.05, 0) is 25.8 Å². The van der Waals surface area contributed by atoms with Gasteiger partial charge in [-0.15, -0.1) is 0 Å². The summed E-state index contributed by atoms with van der Waals surface area (Å²) in [5.74, 6) is 0.978. The van der Waals surface area contributed by atoms with Crippen molar-refractivity contribution in [2.24, 2.45) is 0 Å². The zero-order valence-electron chi connectivity index (χ0n) is 12.1. The van der Waals surface area contributed by atoms with Crippen molar-refractivity contribution < 1.29 is 4.74 Å². The molecule has 5 heteroatoms. The molecule has 1 aliphatic heterocycles. The number of nitrogens with zero attached hydrogens (tertiary/aromatic N) is 3. The van der Waals surface area contributed by atoms with Gasteiger partial charge >= 0.3 is 0 Å². The SMILES string of the molecule is CCCN1CCC(Nc2nccn2CCOC)CC1. The fourth-order valence-corrected chi connectivity index (χ4v) is 2.62. The average molecular weight is 266 g/mol. The molecule has 19 heavy (non-hydrogen) atoms. The number of rotatable bonds is 7. The first-order valence-corrected chi connectivity index (χ1v) is 7.32. The summed E-state index contributed by atoms with van der Waals surface area (Å²) in [6.45, 7) is 7.45. The molecule has 0 aliphatic carbocycles. The average Bonchev–Trinajstić information content (AvgIpc) is 2.86. The minimum Gasteiger partial charge on any atom is -0.383 e. The summed E-state index contributed by atoms with van der Waals surface area (Å²) >= 11 is 0. The van der Waals surface area contributed by atoms with Crippen LogP contribution in [0.4, 0.5) is 5.95 Å². The van der Waals surface area contributed by atoms with E-state index in [0.717, 1.165) is 19.1 Å². The predicted molar refractivity (Wildman–Crippen MR) is 77.5 cm³/mol. The minimum absolute atomic E-state index is 0.553. The Bertz CT molecular complexity index is 358. The highest BCUT2D eigenvalue weighted by Gasteiger charge is 2.19. The lowest BCUT2D eigenvalue weighted by Gasteiger charge is -2.32. The van der Waals surface area contributed by atoms with Crippen molar-refractivity contribution >= 4 is 5.95 Å². The fraction of sp³-hybridized carbons (Fsp3) is 0.786. The van der Waals surface area contributed by atoms with Gasteiger partial charge in [-0.25, -0.2) is 4.98 Å². The Morgan fingerprint density at radius 2 is 2.16 bits per heavy atom. The summed E-state index contributed by atoms with van der Waals surface area (Å²) in [5, 5.41) is 3.57. The first-order chi connectivity index (χ1) is 9.33. The first-order valence-electron chi connectivity index (χ1n) is 7.32. The summed E-state index contributed by atoms with van der Waals surface area (Å²) in [6.07, 6.45) is 7.52. The number of anilines is 1. The van der Waals surface area contributed by atoms with Crippen LogP contribution in [0, 0.1) is 0 Å². The van der Waals surface area contributed by atoms with Gasteiger partial charge in [0, 0.05) is 45.2 Å². The Kier molecular flexibility index (Phi) is 5.66. The Hall–Kier alpha value is -1.07. The number of nitrogens with one attached hydrogen (secondary N) is 1. The van der Waals surface area contributed by atoms with Gasteiger partial charge < -0.3 is 19.5 Å². The van der Waals surface area contributed by atoms with E-state index in [2.05, 4.69) is 26.7 Å². The third kappa shape index (κ3) is 4.21. The lowest BCUT2D eigenvalue weighted by Crippen LogP contribution is -2.39. The highest BCUT2D eigenvalue weighted by molar-refractivity contribution is 5.27. The molecule has 5 nitrogen and oxygen atoms in total. The highest BCUT2D eigenvalue weighted by atomic mass is 16.5. The molecule has 0 saturated carbocycles. The van der Waals surface area contributed by atoms with E-state index < -0.39 is 0 Å². The van der Waals surface area contributed by atoms with E-state index in [1.165, 1.54) is 38.9 Å².